The highest BCUT2D eigenvalue weighted by Gasteiger charge is 2.27. The number of benzene rings is 3. The molecule has 32 heavy (non-hydrogen) atoms. The minimum atomic E-state index is -5.16. The van der Waals surface area contributed by atoms with Gasteiger partial charge in [-0.25, -0.2) is 0 Å². The van der Waals surface area contributed by atoms with Crippen LogP contribution in [0.1, 0.15) is 0 Å². The molecule has 0 spiro atoms. The van der Waals surface area contributed by atoms with Crippen LogP contribution in [0.25, 0.3) is 10.8 Å². The van der Waals surface area contributed by atoms with E-state index in [1.54, 1.807) is 0 Å². The molecule has 0 heterocycles. The number of hydrogen-bond donors (Lipinski definition) is 5. The summed E-state index contributed by atoms with van der Waals surface area (Å²) in [5.74, 6) is -0.979. The molecule has 0 unspecified atom stereocenters. The van der Waals surface area contributed by atoms with Crippen LogP contribution in [0.3, 0.4) is 0 Å². The van der Waals surface area contributed by atoms with Gasteiger partial charge in [0.15, 0.2) is 5.75 Å². The molecule has 0 bridgehead atoms. The van der Waals surface area contributed by atoms with Gasteiger partial charge in [-0.15, -0.1) is 10.2 Å². The molecule has 0 amide bonds. The Labute approximate surface area is 181 Å². The second kappa shape index (κ2) is 7.76. The van der Waals surface area contributed by atoms with Gasteiger partial charge in [0.1, 0.15) is 26.1 Å². The maximum atomic E-state index is 11.9. The van der Waals surface area contributed by atoms with Gasteiger partial charge < -0.3 is 10.8 Å². The molecule has 6 N–H and O–H groups in total. The molecular weight excluding hydrogens is 490 g/mol. The molecule has 0 saturated heterocycles. The van der Waals surface area contributed by atoms with Crippen LogP contribution >= 0.6 is 0 Å². The fourth-order valence-electron chi connectivity index (χ4n) is 2.85. The lowest BCUT2D eigenvalue weighted by atomic mass is 10.1. The van der Waals surface area contributed by atoms with E-state index in [0.29, 0.717) is 6.07 Å². The van der Waals surface area contributed by atoms with Crippen LogP contribution in [0.2, 0.25) is 0 Å². The van der Waals surface area contributed by atoms with Gasteiger partial charge in [-0.1, -0.05) is 12.1 Å². The smallest absolute Gasteiger partial charge is 0.297 e. The van der Waals surface area contributed by atoms with Crippen molar-refractivity contribution in [3.05, 3.63) is 42.5 Å². The Balaban J connectivity index is 2.41. The maximum absolute atomic E-state index is 11.9. The molecule has 0 aliphatic carbocycles. The molecule has 16 heteroatoms. The Morgan fingerprint density at radius 1 is 0.719 bits per heavy atom. The molecule has 170 valence electrons. The Morgan fingerprint density at radius 3 is 1.88 bits per heavy atom. The van der Waals surface area contributed by atoms with Crippen molar-refractivity contribution < 1.29 is 44.0 Å². The van der Waals surface area contributed by atoms with E-state index in [0.717, 1.165) is 24.3 Å². The standard InChI is InChI=1S/C16H13N3O10S3/c17-10-6-5-8-9(16(10)32(27,28)29)7-13(31(24,25)26)14(15(8)20)19-18-11-3-1-2-4-12(11)30(21,22)23/h1-7,20H,17H2,(H,21,22,23)(H,24,25,26)(H,27,28,29). The highest BCUT2D eigenvalue weighted by molar-refractivity contribution is 7.86. The van der Waals surface area contributed by atoms with Crippen molar-refractivity contribution in [2.45, 2.75) is 14.7 Å². The van der Waals surface area contributed by atoms with Gasteiger partial charge in [-0.2, -0.15) is 25.3 Å². The number of anilines is 1. The van der Waals surface area contributed by atoms with E-state index >= 15 is 0 Å². The van der Waals surface area contributed by atoms with Crippen LogP contribution in [0.5, 0.6) is 5.75 Å². The van der Waals surface area contributed by atoms with Gasteiger partial charge in [0, 0.05) is 10.8 Å². The first-order chi connectivity index (χ1) is 14.6. The molecule has 0 atom stereocenters. The number of aromatic hydroxyl groups is 1. The van der Waals surface area contributed by atoms with E-state index < -0.39 is 73.2 Å². The van der Waals surface area contributed by atoms with Gasteiger partial charge in [0.05, 0.1) is 5.69 Å². The Hall–Kier alpha value is -3.15. The summed E-state index contributed by atoms with van der Waals surface area (Å²) in [5, 5.41) is 16.7. The number of rotatable bonds is 5. The molecule has 0 aliphatic rings. The number of fused-ring (bicyclic) bond motifs is 1. The number of phenolic OH excluding ortho intramolecular Hbond substituents is 1. The second-order valence-corrected chi connectivity index (χ2v) is 10.4. The summed E-state index contributed by atoms with van der Waals surface area (Å²) in [7, 11) is -14.9. The number of nitrogen functional groups attached to an aromatic ring is 1. The topological polar surface area (TPSA) is 234 Å². The third-order valence-electron chi connectivity index (χ3n) is 4.15. The monoisotopic (exact) mass is 503 g/mol. The SMILES string of the molecule is Nc1ccc2c(O)c(N=Nc3ccccc3S(=O)(=O)O)c(S(=O)(=O)O)cc2c1S(=O)(=O)O. The maximum Gasteiger partial charge on any atom is 0.297 e. The Bertz CT molecular complexity index is 1610. The van der Waals surface area contributed by atoms with E-state index in [2.05, 4.69) is 10.2 Å². The molecule has 3 aromatic rings. The number of nitrogens with zero attached hydrogens (tertiary/aromatic N) is 2. The van der Waals surface area contributed by atoms with Crippen molar-refractivity contribution >= 4 is 58.2 Å². The first kappa shape index (κ1) is 23.5. The molecule has 3 aromatic carbocycles. The summed E-state index contributed by atoms with van der Waals surface area (Å²) < 4.78 is 98.5. The van der Waals surface area contributed by atoms with Crippen LogP contribution in [0.4, 0.5) is 17.1 Å². The third-order valence-corrected chi connectivity index (χ3v) is 6.89. The molecule has 0 aliphatic heterocycles. The van der Waals surface area contributed by atoms with Gasteiger partial charge in [0.2, 0.25) is 0 Å². The van der Waals surface area contributed by atoms with Crippen molar-refractivity contribution in [3.8, 4) is 5.75 Å². The zero-order valence-corrected chi connectivity index (χ0v) is 17.9. The van der Waals surface area contributed by atoms with Crippen LogP contribution in [0.15, 0.2) is 67.4 Å². The van der Waals surface area contributed by atoms with Gasteiger partial charge in [-0.05, 0) is 30.3 Å². The Kier molecular flexibility index (Phi) is 5.71. The van der Waals surface area contributed by atoms with Crippen molar-refractivity contribution in [1.82, 2.24) is 0 Å². The second-order valence-electron chi connectivity index (χ2n) is 6.24. The van der Waals surface area contributed by atoms with Crippen molar-refractivity contribution in [3.63, 3.8) is 0 Å². The van der Waals surface area contributed by atoms with Crippen molar-refractivity contribution in [2.75, 3.05) is 5.73 Å². The van der Waals surface area contributed by atoms with Crippen LogP contribution in [-0.4, -0.2) is 44.0 Å². The van der Waals surface area contributed by atoms with Gasteiger partial charge >= 0.3 is 0 Å². The number of hydrogen-bond acceptors (Lipinski definition) is 10. The summed E-state index contributed by atoms with van der Waals surface area (Å²) in [6.45, 7) is 0. The highest BCUT2D eigenvalue weighted by atomic mass is 32.2. The van der Waals surface area contributed by atoms with Crippen molar-refractivity contribution in [1.29, 1.82) is 0 Å². The first-order valence-electron chi connectivity index (χ1n) is 8.13. The van der Waals surface area contributed by atoms with E-state index in [1.807, 2.05) is 0 Å². The van der Waals surface area contributed by atoms with Gasteiger partial charge in [0.25, 0.3) is 30.4 Å². The molecule has 0 aromatic heterocycles. The number of phenols is 1. The van der Waals surface area contributed by atoms with E-state index in [1.165, 1.54) is 12.1 Å². The zero-order chi connectivity index (χ0) is 24.1. The quantitative estimate of drug-likeness (QED) is 0.192. The average Bonchev–Trinajstić information content (AvgIpc) is 2.64. The lowest BCUT2D eigenvalue weighted by Crippen LogP contribution is -2.06. The molecule has 0 radical (unpaired) electrons. The predicted molar refractivity (Wildman–Crippen MR) is 110 cm³/mol. The largest absolute Gasteiger partial charge is 0.505 e. The number of azo groups is 1. The summed E-state index contributed by atoms with van der Waals surface area (Å²) in [4.78, 5) is -2.72. The molecule has 0 fully saturated rings. The van der Waals surface area contributed by atoms with E-state index in [4.69, 9.17) is 5.73 Å². The highest BCUT2D eigenvalue weighted by Crippen LogP contribution is 2.44. The third kappa shape index (κ3) is 4.40. The summed E-state index contributed by atoms with van der Waals surface area (Å²) in [6, 6.07) is 7.37. The fourth-order valence-corrected chi connectivity index (χ4v) is 4.94. The normalized spacial score (nSPS) is 13.1. The summed E-state index contributed by atoms with van der Waals surface area (Å²) in [6.07, 6.45) is 0. The van der Waals surface area contributed by atoms with Crippen LogP contribution in [0, 0.1) is 0 Å². The molecular formula is C16H13N3O10S3. The van der Waals surface area contributed by atoms with Gasteiger partial charge in [-0.3, -0.25) is 13.7 Å². The van der Waals surface area contributed by atoms with Crippen LogP contribution in [-0.2, 0) is 30.4 Å². The average molecular weight is 503 g/mol. The van der Waals surface area contributed by atoms with Crippen molar-refractivity contribution in [2.24, 2.45) is 10.2 Å². The van der Waals surface area contributed by atoms with E-state index in [9.17, 15) is 44.0 Å². The summed E-state index contributed by atoms with van der Waals surface area (Å²) in [5.41, 5.74) is 3.77. The summed E-state index contributed by atoms with van der Waals surface area (Å²) >= 11 is 0. The Morgan fingerprint density at radius 2 is 1.31 bits per heavy atom. The minimum absolute atomic E-state index is 0.337. The lowest BCUT2D eigenvalue weighted by Gasteiger charge is -2.12. The molecule has 3 rings (SSSR count). The number of nitrogens with two attached hydrogens (primary N) is 1. The molecule has 0 saturated carbocycles. The first-order valence-corrected chi connectivity index (χ1v) is 12.5. The predicted octanol–water partition coefficient (Wildman–Crippen LogP) is 2.28. The van der Waals surface area contributed by atoms with Crippen LogP contribution < -0.4 is 5.73 Å². The minimum Gasteiger partial charge on any atom is -0.505 e. The lowest BCUT2D eigenvalue weighted by molar-refractivity contribution is 0.471. The fraction of sp³-hybridized carbons (Fsp3) is 0. The zero-order valence-electron chi connectivity index (χ0n) is 15.5. The van der Waals surface area contributed by atoms with E-state index in [-0.39, 0.29) is 5.39 Å². The molecule has 13 nitrogen and oxygen atoms in total.